The molecule has 1 unspecified atom stereocenters. The quantitative estimate of drug-likeness (QED) is 0.675. The summed E-state index contributed by atoms with van der Waals surface area (Å²) in [4.78, 5) is 4.15. The molecule has 0 radical (unpaired) electrons. The zero-order valence-electron chi connectivity index (χ0n) is 11.9. The summed E-state index contributed by atoms with van der Waals surface area (Å²) in [6.45, 7) is 1.30. The molecule has 1 atom stereocenters. The monoisotopic (exact) mass is 308 g/mol. The van der Waals surface area contributed by atoms with Crippen LogP contribution < -0.4 is 5.32 Å². The molecule has 1 N–H and O–H groups in total. The molecule has 1 aromatic rings. The molecule has 0 aliphatic heterocycles. The van der Waals surface area contributed by atoms with Gasteiger partial charge in [-0.2, -0.15) is 8.78 Å². The van der Waals surface area contributed by atoms with E-state index in [1.165, 1.54) is 0 Å². The van der Waals surface area contributed by atoms with E-state index in [1.807, 2.05) is 19.1 Å². The number of alkyl halides is 4. The molecule has 3 nitrogen and oxygen atoms in total. The molecule has 21 heavy (non-hydrogen) atoms. The zero-order chi connectivity index (χ0) is 15.7. The number of rotatable bonds is 10. The van der Waals surface area contributed by atoms with E-state index in [9.17, 15) is 17.6 Å². The van der Waals surface area contributed by atoms with Crippen molar-refractivity contribution in [2.24, 2.45) is 0 Å². The van der Waals surface area contributed by atoms with Crippen molar-refractivity contribution >= 4 is 0 Å². The number of hydrogen-bond donors (Lipinski definition) is 1. The van der Waals surface area contributed by atoms with Crippen molar-refractivity contribution in [3.05, 3.63) is 30.1 Å². The van der Waals surface area contributed by atoms with Gasteiger partial charge in [-0.1, -0.05) is 13.0 Å². The Kier molecular flexibility index (Phi) is 7.60. The summed E-state index contributed by atoms with van der Waals surface area (Å²) in [7, 11) is 0. The van der Waals surface area contributed by atoms with E-state index in [-0.39, 0.29) is 12.6 Å². The van der Waals surface area contributed by atoms with Gasteiger partial charge in [-0.3, -0.25) is 4.98 Å². The maximum Gasteiger partial charge on any atom is 0.330 e. The van der Waals surface area contributed by atoms with Gasteiger partial charge in [0.1, 0.15) is 6.61 Å². The summed E-state index contributed by atoms with van der Waals surface area (Å²) in [5, 5.41) is 3.14. The molecule has 1 aromatic heterocycles. The summed E-state index contributed by atoms with van der Waals surface area (Å²) in [5.41, 5.74) is 0.787. The molecular formula is C14H20F4N2O. The highest BCUT2D eigenvalue weighted by Crippen LogP contribution is 2.22. The van der Waals surface area contributed by atoms with Gasteiger partial charge in [0, 0.05) is 24.4 Å². The summed E-state index contributed by atoms with van der Waals surface area (Å²) in [5.74, 6) is -4.11. The van der Waals surface area contributed by atoms with Crippen LogP contribution in [-0.2, 0) is 11.2 Å². The summed E-state index contributed by atoms with van der Waals surface area (Å²) >= 11 is 0. The molecule has 0 aromatic carbocycles. The third-order valence-electron chi connectivity index (χ3n) is 2.80. The predicted molar refractivity (Wildman–Crippen MR) is 71.8 cm³/mol. The van der Waals surface area contributed by atoms with Crippen LogP contribution in [0, 0.1) is 0 Å². The van der Waals surface area contributed by atoms with E-state index in [4.69, 9.17) is 4.74 Å². The Balaban J connectivity index is 2.46. The Morgan fingerprint density at radius 1 is 1.33 bits per heavy atom. The summed E-state index contributed by atoms with van der Waals surface area (Å²) < 4.78 is 54.4. The van der Waals surface area contributed by atoms with Crippen molar-refractivity contribution < 1.29 is 22.3 Å². The minimum Gasteiger partial charge on any atom is -0.373 e. The Morgan fingerprint density at radius 3 is 2.67 bits per heavy atom. The molecule has 0 bridgehead atoms. The topological polar surface area (TPSA) is 34.1 Å². The number of nitrogens with zero attached hydrogens (tertiary/aromatic N) is 1. The van der Waals surface area contributed by atoms with Crippen LogP contribution >= 0.6 is 0 Å². The highest BCUT2D eigenvalue weighted by atomic mass is 19.3. The van der Waals surface area contributed by atoms with Crippen molar-refractivity contribution in [1.29, 1.82) is 0 Å². The van der Waals surface area contributed by atoms with Crippen LogP contribution in [0.3, 0.4) is 0 Å². The second-order valence-corrected chi connectivity index (χ2v) is 4.75. The Bertz CT molecular complexity index is 390. The lowest BCUT2D eigenvalue weighted by atomic mass is 10.1. The summed E-state index contributed by atoms with van der Waals surface area (Å²) in [6, 6.07) is 5.17. The molecule has 0 fully saturated rings. The maximum atomic E-state index is 12.8. The van der Waals surface area contributed by atoms with Crippen LogP contribution in [0.1, 0.15) is 19.0 Å². The molecule has 7 heteroatoms. The molecule has 1 heterocycles. The molecule has 1 rings (SSSR count). The average molecular weight is 308 g/mol. The smallest absolute Gasteiger partial charge is 0.330 e. The number of pyridine rings is 1. The van der Waals surface area contributed by atoms with E-state index in [2.05, 4.69) is 10.3 Å². The normalized spacial score (nSPS) is 13.6. The maximum absolute atomic E-state index is 12.8. The van der Waals surface area contributed by atoms with Gasteiger partial charge in [-0.05, 0) is 25.1 Å². The molecule has 120 valence electrons. The molecule has 0 aliphatic carbocycles. The molecule has 0 aliphatic rings. The van der Waals surface area contributed by atoms with E-state index in [1.54, 1.807) is 12.3 Å². The third kappa shape index (κ3) is 6.86. The second-order valence-electron chi connectivity index (χ2n) is 4.75. The lowest BCUT2D eigenvalue weighted by Gasteiger charge is -2.20. The average Bonchev–Trinajstić information content (AvgIpc) is 2.45. The predicted octanol–water partition coefficient (Wildman–Crippen LogP) is 2.91. The van der Waals surface area contributed by atoms with Crippen molar-refractivity contribution in [3.8, 4) is 0 Å². The fraction of sp³-hybridized carbons (Fsp3) is 0.643. The van der Waals surface area contributed by atoms with Crippen LogP contribution in [0.5, 0.6) is 0 Å². The third-order valence-corrected chi connectivity index (χ3v) is 2.80. The summed E-state index contributed by atoms with van der Waals surface area (Å²) in [6.07, 6.45) is -0.722. The number of nitrogens with one attached hydrogen (secondary N) is 1. The molecule has 0 amide bonds. The van der Waals surface area contributed by atoms with Crippen LogP contribution in [0.15, 0.2) is 24.4 Å². The SMILES string of the molecule is CCCNC(COCC(F)(F)C(F)F)Cc1ccccn1. The number of hydrogen-bond acceptors (Lipinski definition) is 3. The van der Waals surface area contributed by atoms with Gasteiger partial charge in [0.15, 0.2) is 0 Å². The van der Waals surface area contributed by atoms with E-state index in [0.29, 0.717) is 13.0 Å². The van der Waals surface area contributed by atoms with E-state index < -0.39 is 19.0 Å². The fourth-order valence-corrected chi connectivity index (χ4v) is 1.71. The minimum atomic E-state index is -4.11. The standard InChI is InChI=1S/C14H20F4N2O/c1-2-6-19-12(8-11-5-3-4-7-20-11)9-21-10-14(17,18)13(15)16/h3-5,7,12-13,19H,2,6,8-10H2,1H3. The Morgan fingerprint density at radius 2 is 2.10 bits per heavy atom. The molecule has 0 spiro atoms. The van der Waals surface area contributed by atoms with Crippen molar-refractivity contribution in [1.82, 2.24) is 10.3 Å². The lowest BCUT2D eigenvalue weighted by Crippen LogP contribution is -2.39. The van der Waals surface area contributed by atoms with Gasteiger partial charge in [-0.15, -0.1) is 0 Å². The lowest BCUT2D eigenvalue weighted by molar-refractivity contribution is -0.167. The van der Waals surface area contributed by atoms with Crippen molar-refractivity contribution in [3.63, 3.8) is 0 Å². The fourth-order valence-electron chi connectivity index (χ4n) is 1.71. The second kappa shape index (κ2) is 8.94. The van der Waals surface area contributed by atoms with Crippen LogP contribution in [0.2, 0.25) is 0 Å². The van der Waals surface area contributed by atoms with Crippen molar-refractivity contribution in [2.45, 2.75) is 38.2 Å². The van der Waals surface area contributed by atoms with Crippen molar-refractivity contribution in [2.75, 3.05) is 19.8 Å². The van der Waals surface area contributed by atoms with Crippen LogP contribution in [-0.4, -0.2) is 43.1 Å². The Labute approximate surface area is 121 Å². The first-order valence-electron chi connectivity index (χ1n) is 6.82. The van der Waals surface area contributed by atoms with E-state index in [0.717, 1.165) is 12.1 Å². The number of ether oxygens (including phenoxy) is 1. The molecular weight excluding hydrogens is 288 g/mol. The van der Waals surface area contributed by atoms with Crippen LogP contribution in [0.4, 0.5) is 17.6 Å². The molecule has 0 saturated heterocycles. The van der Waals surface area contributed by atoms with Gasteiger partial charge >= 0.3 is 12.3 Å². The largest absolute Gasteiger partial charge is 0.373 e. The highest BCUT2D eigenvalue weighted by molar-refractivity contribution is 5.05. The molecule has 0 saturated carbocycles. The van der Waals surface area contributed by atoms with Gasteiger partial charge in [-0.25, -0.2) is 8.78 Å². The minimum absolute atomic E-state index is 0.0706. The first-order chi connectivity index (χ1) is 9.95. The van der Waals surface area contributed by atoms with Crippen LogP contribution in [0.25, 0.3) is 0 Å². The van der Waals surface area contributed by atoms with E-state index >= 15 is 0 Å². The van der Waals surface area contributed by atoms with Gasteiger partial charge < -0.3 is 10.1 Å². The first kappa shape index (κ1) is 17.8. The van der Waals surface area contributed by atoms with Gasteiger partial charge in [0.2, 0.25) is 0 Å². The van der Waals surface area contributed by atoms with Gasteiger partial charge in [0.25, 0.3) is 0 Å². The number of aromatic nitrogens is 1. The Hall–Kier alpha value is -1.21. The van der Waals surface area contributed by atoms with Gasteiger partial charge in [0.05, 0.1) is 6.61 Å². The highest BCUT2D eigenvalue weighted by Gasteiger charge is 2.41. The first-order valence-corrected chi connectivity index (χ1v) is 6.82. The zero-order valence-corrected chi connectivity index (χ0v) is 11.9. The number of halogens is 4.